The van der Waals surface area contributed by atoms with Gasteiger partial charge in [-0.2, -0.15) is 0 Å². The van der Waals surface area contributed by atoms with Gasteiger partial charge in [0.25, 0.3) is 0 Å². The van der Waals surface area contributed by atoms with Crippen molar-refractivity contribution in [3.63, 3.8) is 0 Å². The number of carbonyl (C=O) groups is 3. The number of rotatable bonds is 7. The van der Waals surface area contributed by atoms with Crippen LogP contribution in [0.3, 0.4) is 0 Å². The molecule has 1 unspecified atom stereocenters. The molecule has 1 rings (SSSR count). The molecule has 21 heavy (non-hydrogen) atoms. The van der Waals surface area contributed by atoms with Crippen molar-refractivity contribution in [2.24, 2.45) is 5.92 Å². The monoisotopic (exact) mass is 291 g/mol. The first-order valence-corrected chi connectivity index (χ1v) is 7.01. The number of aromatic nitrogens is 1. The molecule has 0 amide bonds. The lowest BCUT2D eigenvalue weighted by Gasteiger charge is -2.15. The summed E-state index contributed by atoms with van der Waals surface area (Å²) in [5.74, 6) is -1.92. The number of ketones is 2. The highest BCUT2D eigenvalue weighted by atomic mass is 16.5. The second-order valence-electron chi connectivity index (χ2n) is 5.00. The fourth-order valence-electron chi connectivity index (χ4n) is 2.08. The Morgan fingerprint density at radius 1 is 1.24 bits per heavy atom. The first kappa shape index (κ1) is 17.0. The third-order valence-corrected chi connectivity index (χ3v) is 3.16. The highest BCUT2D eigenvalue weighted by Crippen LogP contribution is 2.19. The average molecular weight is 291 g/mol. The molecule has 0 aromatic carbocycles. The fourth-order valence-corrected chi connectivity index (χ4v) is 2.08. The largest absolute Gasteiger partial charge is 0.465 e. The molecule has 0 aliphatic heterocycles. The zero-order chi connectivity index (χ0) is 16.0. The molecule has 0 aliphatic carbocycles. The van der Waals surface area contributed by atoms with Crippen LogP contribution in [-0.2, 0) is 14.3 Å². The predicted octanol–water partition coefficient (Wildman–Crippen LogP) is 2.43. The van der Waals surface area contributed by atoms with Gasteiger partial charge >= 0.3 is 5.97 Å². The standard InChI is InChI=1S/C16H21NO4/c1-5-21-16(20)14(9-7-11(3)18)15(19)13-8-6-10(2)17-12(13)4/h6,8,14H,5,7,9H2,1-4H3. The number of ether oxygens (including phenoxy) is 1. The number of pyridine rings is 1. The van der Waals surface area contributed by atoms with Crippen LogP contribution in [0.5, 0.6) is 0 Å². The Kier molecular flexibility index (Phi) is 6.21. The summed E-state index contributed by atoms with van der Waals surface area (Å²) in [5.41, 5.74) is 1.79. The number of Topliss-reactive ketones (excluding diaryl/α,β-unsaturated/α-hetero) is 2. The zero-order valence-corrected chi connectivity index (χ0v) is 12.9. The minimum atomic E-state index is -0.947. The summed E-state index contributed by atoms with van der Waals surface area (Å²) < 4.78 is 4.95. The number of esters is 1. The summed E-state index contributed by atoms with van der Waals surface area (Å²) in [6.45, 7) is 6.88. The van der Waals surface area contributed by atoms with Gasteiger partial charge in [-0.3, -0.25) is 14.6 Å². The van der Waals surface area contributed by atoms with E-state index in [2.05, 4.69) is 4.98 Å². The number of hydrogen-bond acceptors (Lipinski definition) is 5. The van der Waals surface area contributed by atoms with Crippen LogP contribution in [0.25, 0.3) is 0 Å². The van der Waals surface area contributed by atoms with E-state index in [0.717, 1.165) is 5.69 Å². The van der Waals surface area contributed by atoms with Crippen LogP contribution < -0.4 is 0 Å². The summed E-state index contributed by atoms with van der Waals surface area (Å²) in [6.07, 6.45) is 0.341. The van der Waals surface area contributed by atoms with Gasteiger partial charge in [0.1, 0.15) is 11.7 Å². The molecule has 0 bridgehead atoms. The van der Waals surface area contributed by atoms with Gasteiger partial charge < -0.3 is 9.53 Å². The molecule has 0 aliphatic rings. The molecule has 0 N–H and O–H groups in total. The van der Waals surface area contributed by atoms with Crippen LogP contribution in [-0.4, -0.2) is 29.1 Å². The van der Waals surface area contributed by atoms with Crippen molar-refractivity contribution >= 4 is 17.5 Å². The molecule has 1 aromatic heterocycles. The Hall–Kier alpha value is -2.04. The van der Waals surface area contributed by atoms with Crippen LogP contribution >= 0.6 is 0 Å². The van der Waals surface area contributed by atoms with E-state index in [-0.39, 0.29) is 31.0 Å². The van der Waals surface area contributed by atoms with Crippen molar-refractivity contribution in [1.82, 2.24) is 4.98 Å². The smallest absolute Gasteiger partial charge is 0.316 e. The van der Waals surface area contributed by atoms with Gasteiger partial charge in [-0.1, -0.05) is 0 Å². The molecular weight excluding hydrogens is 270 g/mol. The van der Waals surface area contributed by atoms with Crippen LogP contribution in [0.1, 0.15) is 48.4 Å². The third kappa shape index (κ3) is 4.77. The fraction of sp³-hybridized carbons (Fsp3) is 0.500. The lowest BCUT2D eigenvalue weighted by molar-refractivity contribution is -0.146. The van der Waals surface area contributed by atoms with Crippen LogP contribution in [0.15, 0.2) is 12.1 Å². The topological polar surface area (TPSA) is 73.3 Å². The van der Waals surface area contributed by atoms with E-state index in [0.29, 0.717) is 11.3 Å². The number of aryl methyl sites for hydroxylation is 2. The Bertz CT molecular complexity index is 551. The Labute approximate surface area is 124 Å². The maximum atomic E-state index is 12.6. The number of hydrogen-bond donors (Lipinski definition) is 0. The van der Waals surface area contributed by atoms with Crippen LogP contribution in [0.2, 0.25) is 0 Å². The molecule has 1 atom stereocenters. The van der Waals surface area contributed by atoms with Gasteiger partial charge in [0, 0.05) is 23.4 Å². The van der Waals surface area contributed by atoms with Gasteiger partial charge in [0.05, 0.1) is 6.61 Å². The zero-order valence-electron chi connectivity index (χ0n) is 12.9. The molecule has 0 spiro atoms. The Balaban J connectivity index is 3.02. The summed E-state index contributed by atoms with van der Waals surface area (Å²) in [5, 5.41) is 0. The van der Waals surface area contributed by atoms with Gasteiger partial charge in [0.2, 0.25) is 0 Å². The quantitative estimate of drug-likeness (QED) is 0.438. The second-order valence-corrected chi connectivity index (χ2v) is 5.00. The molecule has 0 saturated carbocycles. The molecule has 0 fully saturated rings. The molecule has 1 heterocycles. The molecule has 0 saturated heterocycles. The number of nitrogens with zero attached hydrogens (tertiary/aromatic N) is 1. The maximum absolute atomic E-state index is 12.6. The molecule has 1 aromatic rings. The second kappa shape index (κ2) is 7.67. The van der Waals surface area contributed by atoms with Crippen molar-refractivity contribution < 1.29 is 19.1 Å². The van der Waals surface area contributed by atoms with E-state index in [1.54, 1.807) is 26.0 Å². The molecule has 0 radical (unpaired) electrons. The first-order chi connectivity index (χ1) is 9.86. The molecule has 5 heteroatoms. The summed E-state index contributed by atoms with van der Waals surface area (Å²) in [4.78, 5) is 39.9. The highest BCUT2D eigenvalue weighted by Gasteiger charge is 2.30. The van der Waals surface area contributed by atoms with E-state index >= 15 is 0 Å². The van der Waals surface area contributed by atoms with E-state index in [1.165, 1.54) is 6.92 Å². The first-order valence-electron chi connectivity index (χ1n) is 7.01. The normalized spacial score (nSPS) is 11.8. The van der Waals surface area contributed by atoms with Gasteiger partial charge in [0.15, 0.2) is 5.78 Å². The van der Waals surface area contributed by atoms with E-state index in [4.69, 9.17) is 4.74 Å². The summed E-state index contributed by atoms with van der Waals surface area (Å²) in [6, 6.07) is 3.40. The lowest BCUT2D eigenvalue weighted by Crippen LogP contribution is -2.27. The van der Waals surface area contributed by atoms with Crippen molar-refractivity contribution in [2.75, 3.05) is 6.61 Å². The van der Waals surface area contributed by atoms with E-state index in [1.807, 2.05) is 6.92 Å². The Morgan fingerprint density at radius 3 is 2.43 bits per heavy atom. The number of carbonyl (C=O) groups excluding carboxylic acids is 3. The van der Waals surface area contributed by atoms with E-state index < -0.39 is 11.9 Å². The van der Waals surface area contributed by atoms with Crippen LogP contribution in [0, 0.1) is 19.8 Å². The SMILES string of the molecule is CCOC(=O)C(CCC(C)=O)C(=O)c1ccc(C)nc1C. The maximum Gasteiger partial charge on any atom is 0.316 e. The third-order valence-electron chi connectivity index (χ3n) is 3.16. The summed E-state index contributed by atoms with van der Waals surface area (Å²) >= 11 is 0. The van der Waals surface area contributed by atoms with Crippen LogP contribution in [0.4, 0.5) is 0 Å². The highest BCUT2D eigenvalue weighted by molar-refractivity contribution is 6.09. The van der Waals surface area contributed by atoms with Crippen molar-refractivity contribution in [3.8, 4) is 0 Å². The van der Waals surface area contributed by atoms with Gasteiger partial charge in [-0.15, -0.1) is 0 Å². The predicted molar refractivity (Wildman–Crippen MR) is 78.1 cm³/mol. The molecule has 114 valence electrons. The minimum absolute atomic E-state index is 0.0594. The van der Waals surface area contributed by atoms with Crippen molar-refractivity contribution in [3.05, 3.63) is 29.1 Å². The van der Waals surface area contributed by atoms with Crippen molar-refractivity contribution in [2.45, 2.75) is 40.5 Å². The average Bonchev–Trinajstić information content (AvgIpc) is 2.38. The summed E-state index contributed by atoms with van der Waals surface area (Å²) in [7, 11) is 0. The minimum Gasteiger partial charge on any atom is -0.465 e. The van der Waals surface area contributed by atoms with E-state index in [9.17, 15) is 14.4 Å². The van der Waals surface area contributed by atoms with Crippen molar-refractivity contribution in [1.29, 1.82) is 0 Å². The molecular formula is C16H21NO4. The Morgan fingerprint density at radius 2 is 1.90 bits per heavy atom. The lowest BCUT2D eigenvalue weighted by atomic mass is 9.92. The van der Waals surface area contributed by atoms with Gasteiger partial charge in [-0.25, -0.2) is 0 Å². The molecule has 5 nitrogen and oxygen atoms in total. The van der Waals surface area contributed by atoms with Gasteiger partial charge in [-0.05, 0) is 46.2 Å².